The minimum Gasteiger partial charge on any atom is -1.00 e. The van der Waals surface area contributed by atoms with Gasteiger partial charge >= 0.3 is 20.0 Å². The second kappa shape index (κ2) is 5.81. The molecule has 0 fully saturated rings. The van der Waals surface area contributed by atoms with Crippen LogP contribution in [0.1, 0.15) is 0 Å². The van der Waals surface area contributed by atoms with Gasteiger partial charge in [0.05, 0.1) is 12.5 Å². The lowest BCUT2D eigenvalue weighted by atomic mass is 10.5. The van der Waals surface area contributed by atoms with Gasteiger partial charge in [0, 0.05) is 0 Å². The first-order chi connectivity index (χ1) is 6.62. The maximum atomic E-state index is 11.6. The normalized spacial score (nSPS) is 12.6. The molecule has 0 heterocycles. The molecule has 0 radical (unpaired) electrons. The van der Waals surface area contributed by atoms with Crippen molar-refractivity contribution in [1.82, 2.24) is 0 Å². The van der Waals surface area contributed by atoms with Gasteiger partial charge in [0.15, 0.2) is 0 Å². The quantitative estimate of drug-likeness (QED) is 0.389. The van der Waals surface area contributed by atoms with E-state index in [-0.39, 0.29) is 25.5 Å². The zero-order valence-corrected chi connectivity index (χ0v) is 11.6. The highest BCUT2D eigenvalue weighted by atomic mass is 35.5. The van der Waals surface area contributed by atoms with E-state index in [0.29, 0.717) is 0 Å². The van der Waals surface area contributed by atoms with Crippen LogP contribution >= 0.6 is 0 Å². The molecule has 16 heavy (non-hydrogen) atoms. The lowest BCUT2D eigenvalue weighted by Crippen LogP contribution is -3.00. The SMILES string of the molecule is C=CC[N+](CC=C)(S(C)(=O)=O)S(C)(=O)=O.[Cl-]. The molecule has 8 heteroatoms. The van der Waals surface area contributed by atoms with Crippen molar-refractivity contribution in [2.45, 2.75) is 0 Å². The molecule has 0 rings (SSSR count). The standard InChI is InChI=1S/C8H16NO4S2.ClH/c1-5-7-9(8-6-2,14(3,10)11)15(4,12)13;/h5-6H,1-2,7-8H2,3-4H3;1H/q+1;/p-1. The van der Waals surface area contributed by atoms with E-state index in [1.54, 1.807) is 0 Å². The Bertz CT molecular complexity index is 408. The molecule has 0 bridgehead atoms. The Hall–Kier alpha value is -0.370. The number of hydrogen-bond donors (Lipinski definition) is 0. The van der Waals surface area contributed by atoms with Crippen LogP contribution in [-0.4, -0.2) is 45.7 Å². The number of quaternary nitrogens is 1. The maximum Gasteiger partial charge on any atom is 0.309 e. The Morgan fingerprint density at radius 2 is 1.19 bits per heavy atom. The van der Waals surface area contributed by atoms with Crippen LogP contribution in [0.5, 0.6) is 0 Å². The molecule has 0 aromatic rings. The molecule has 0 aromatic carbocycles. The largest absolute Gasteiger partial charge is 1.00 e. The predicted octanol–water partition coefficient (Wildman–Crippen LogP) is -2.90. The zero-order chi connectivity index (χ0) is 12.3. The van der Waals surface area contributed by atoms with E-state index in [9.17, 15) is 16.8 Å². The molecule has 0 saturated heterocycles. The Morgan fingerprint density at radius 1 is 0.938 bits per heavy atom. The molecule has 0 aromatic heterocycles. The van der Waals surface area contributed by atoms with E-state index in [1.807, 2.05) is 0 Å². The van der Waals surface area contributed by atoms with Crippen molar-refractivity contribution in [3.8, 4) is 0 Å². The van der Waals surface area contributed by atoms with Crippen molar-refractivity contribution < 1.29 is 32.5 Å². The number of sulfonamides is 2. The van der Waals surface area contributed by atoms with Crippen molar-refractivity contribution in [1.29, 1.82) is 0 Å². The fourth-order valence-electron chi connectivity index (χ4n) is 1.26. The summed E-state index contributed by atoms with van der Waals surface area (Å²) in [4.78, 5) is 0. The van der Waals surface area contributed by atoms with Crippen molar-refractivity contribution >= 4 is 20.0 Å². The smallest absolute Gasteiger partial charge is 0.309 e. The Kier molecular flexibility index (Phi) is 6.54. The molecule has 0 atom stereocenters. The molecule has 0 aliphatic carbocycles. The van der Waals surface area contributed by atoms with Gasteiger partial charge in [-0.3, -0.25) is 0 Å². The fourth-order valence-corrected chi connectivity index (χ4v) is 4.73. The maximum absolute atomic E-state index is 11.6. The molecule has 0 saturated carbocycles. The molecule has 0 aliphatic heterocycles. The second-order valence-electron chi connectivity index (χ2n) is 3.22. The van der Waals surface area contributed by atoms with Gasteiger partial charge in [-0.05, 0) is 12.2 Å². The summed E-state index contributed by atoms with van der Waals surface area (Å²) in [5, 5.41) is 0. The Morgan fingerprint density at radius 3 is 1.31 bits per heavy atom. The van der Waals surface area contributed by atoms with Gasteiger partial charge in [0.1, 0.15) is 13.1 Å². The minimum absolute atomic E-state index is 0. The van der Waals surface area contributed by atoms with Gasteiger partial charge in [-0.2, -0.15) is 16.8 Å². The summed E-state index contributed by atoms with van der Waals surface area (Å²) >= 11 is 0. The van der Waals surface area contributed by atoms with E-state index < -0.39 is 23.3 Å². The van der Waals surface area contributed by atoms with Gasteiger partial charge < -0.3 is 12.4 Å². The number of hydrogen-bond acceptors (Lipinski definition) is 4. The summed E-state index contributed by atoms with van der Waals surface area (Å²) in [6.45, 7) is 6.37. The first kappa shape index (κ1) is 18.0. The monoisotopic (exact) mass is 289 g/mol. The lowest BCUT2D eigenvalue weighted by molar-refractivity contribution is -0.656. The number of nitrogens with zero attached hydrogens (tertiary/aromatic N) is 1. The highest BCUT2D eigenvalue weighted by Crippen LogP contribution is 2.20. The minimum atomic E-state index is -3.80. The number of halogens is 1. The van der Waals surface area contributed by atoms with Gasteiger partial charge in [-0.1, -0.05) is 13.2 Å². The van der Waals surface area contributed by atoms with Gasteiger partial charge in [-0.25, -0.2) is 0 Å². The van der Waals surface area contributed by atoms with Crippen LogP contribution in [0, 0.1) is 0 Å². The van der Waals surface area contributed by atoms with E-state index in [2.05, 4.69) is 13.2 Å². The van der Waals surface area contributed by atoms with E-state index in [1.165, 1.54) is 12.2 Å². The Balaban J connectivity index is 0. The van der Waals surface area contributed by atoms with Crippen LogP contribution in [-0.2, 0) is 20.0 Å². The third-order valence-corrected chi connectivity index (χ3v) is 6.66. The predicted molar refractivity (Wildman–Crippen MR) is 60.1 cm³/mol. The van der Waals surface area contributed by atoms with Crippen LogP contribution in [0.25, 0.3) is 0 Å². The second-order valence-corrected chi connectivity index (χ2v) is 7.78. The topological polar surface area (TPSA) is 68.3 Å². The van der Waals surface area contributed by atoms with Crippen LogP contribution in [0.3, 0.4) is 0 Å². The summed E-state index contributed by atoms with van der Waals surface area (Å²) in [6, 6.07) is 0. The van der Waals surface area contributed by atoms with Gasteiger partial charge in [0.2, 0.25) is 0 Å². The molecule has 0 amide bonds. The first-order valence-electron chi connectivity index (χ1n) is 4.11. The molecular weight excluding hydrogens is 274 g/mol. The summed E-state index contributed by atoms with van der Waals surface area (Å²) in [7, 11) is -7.60. The van der Waals surface area contributed by atoms with Crippen molar-refractivity contribution in [3.05, 3.63) is 25.3 Å². The molecular formula is C8H16ClNO4S2. The Labute approximate surface area is 104 Å². The van der Waals surface area contributed by atoms with E-state index >= 15 is 0 Å². The van der Waals surface area contributed by atoms with Crippen molar-refractivity contribution in [2.24, 2.45) is 0 Å². The van der Waals surface area contributed by atoms with Crippen LogP contribution in [0.2, 0.25) is 0 Å². The molecule has 0 unspecified atom stereocenters. The number of rotatable bonds is 6. The summed E-state index contributed by atoms with van der Waals surface area (Å²) in [5.74, 6) is 0. The molecule has 96 valence electrons. The third kappa shape index (κ3) is 3.31. The van der Waals surface area contributed by atoms with Gasteiger partial charge in [-0.15, -0.1) is 3.29 Å². The zero-order valence-electron chi connectivity index (χ0n) is 9.26. The van der Waals surface area contributed by atoms with Crippen LogP contribution < -0.4 is 12.4 Å². The average Bonchev–Trinajstić information content (AvgIpc) is 1.99. The third-order valence-electron chi connectivity index (χ3n) is 2.02. The van der Waals surface area contributed by atoms with Crippen molar-refractivity contribution in [2.75, 3.05) is 25.6 Å². The van der Waals surface area contributed by atoms with Gasteiger partial charge in [0.25, 0.3) is 0 Å². The van der Waals surface area contributed by atoms with Crippen LogP contribution in [0.4, 0.5) is 0 Å². The van der Waals surface area contributed by atoms with E-state index in [4.69, 9.17) is 0 Å². The molecule has 0 aliphatic rings. The van der Waals surface area contributed by atoms with Crippen molar-refractivity contribution in [3.63, 3.8) is 0 Å². The highest BCUT2D eigenvalue weighted by Gasteiger charge is 2.46. The summed E-state index contributed by atoms with van der Waals surface area (Å²) in [6.07, 6.45) is 4.32. The van der Waals surface area contributed by atoms with E-state index in [0.717, 1.165) is 12.5 Å². The summed E-state index contributed by atoms with van der Waals surface area (Å²) in [5.41, 5.74) is 0. The first-order valence-corrected chi connectivity index (χ1v) is 7.81. The highest BCUT2D eigenvalue weighted by molar-refractivity contribution is 7.97. The van der Waals surface area contributed by atoms with Crippen LogP contribution in [0.15, 0.2) is 25.3 Å². The molecule has 5 nitrogen and oxygen atoms in total. The lowest BCUT2D eigenvalue weighted by Gasteiger charge is -2.30. The fraction of sp³-hybridized carbons (Fsp3) is 0.500. The average molecular weight is 290 g/mol. The molecule has 0 N–H and O–H groups in total. The summed E-state index contributed by atoms with van der Waals surface area (Å²) < 4.78 is 45.2. The molecule has 0 spiro atoms.